The molecule has 1 aliphatic rings. The molecule has 1 aromatic carbocycles. The Labute approximate surface area is 113 Å². The molecule has 2 N–H and O–H groups in total. The SMILES string of the molecule is Cc1cc(C(=O)NC2(C)CCNCC2)ccc1Cl. The molecular weight excluding hydrogens is 248 g/mol. The van der Waals surface area contributed by atoms with Crippen LogP contribution in [-0.2, 0) is 0 Å². The van der Waals surface area contributed by atoms with Crippen LogP contribution in [0.25, 0.3) is 0 Å². The summed E-state index contributed by atoms with van der Waals surface area (Å²) in [6.45, 7) is 5.92. The maximum atomic E-state index is 12.2. The molecule has 1 heterocycles. The van der Waals surface area contributed by atoms with Gasteiger partial charge in [0.1, 0.15) is 0 Å². The number of rotatable bonds is 2. The maximum Gasteiger partial charge on any atom is 0.251 e. The van der Waals surface area contributed by atoms with Crippen LogP contribution in [0.2, 0.25) is 5.02 Å². The van der Waals surface area contributed by atoms with Gasteiger partial charge in [-0.2, -0.15) is 0 Å². The summed E-state index contributed by atoms with van der Waals surface area (Å²) in [6, 6.07) is 5.38. The molecule has 1 amide bonds. The number of piperidine rings is 1. The topological polar surface area (TPSA) is 41.1 Å². The molecule has 0 spiro atoms. The standard InChI is InChI=1S/C14H19ClN2O/c1-10-9-11(3-4-12(10)15)13(18)17-14(2)5-7-16-8-6-14/h3-4,9,16H,5-8H2,1-2H3,(H,17,18). The summed E-state index contributed by atoms with van der Waals surface area (Å²) in [5.41, 5.74) is 1.51. The van der Waals surface area contributed by atoms with Crippen molar-refractivity contribution in [2.45, 2.75) is 32.2 Å². The molecule has 1 aromatic rings. The lowest BCUT2D eigenvalue weighted by Crippen LogP contribution is -2.52. The minimum absolute atomic E-state index is 0.0147. The number of nitrogens with one attached hydrogen (secondary N) is 2. The molecule has 98 valence electrons. The number of halogens is 1. The number of amides is 1. The summed E-state index contributed by atoms with van der Waals surface area (Å²) in [5.74, 6) is -0.0147. The van der Waals surface area contributed by atoms with E-state index in [1.807, 2.05) is 13.0 Å². The highest BCUT2D eigenvalue weighted by atomic mass is 35.5. The monoisotopic (exact) mass is 266 g/mol. The summed E-state index contributed by atoms with van der Waals surface area (Å²) < 4.78 is 0. The largest absolute Gasteiger partial charge is 0.347 e. The Morgan fingerprint density at radius 3 is 2.67 bits per heavy atom. The zero-order valence-electron chi connectivity index (χ0n) is 10.8. The molecule has 1 aliphatic heterocycles. The van der Waals surface area contributed by atoms with Crippen molar-refractivity contribution < 1.29 is 4.79 Å². The lowest BCUT2D eigenvalue weighted by Gasteiger charge is -2.35. The molecule has 1 fully saturated rings. The van der Waals surface area contributed by atoms with Gasteiger partial charge in [-0.15, -0.1) is 0 Å². The van der Waals surface area contributed by atoms with Gasteiger partial charge in [-0.25, -0.2) is 0 Å². The molecular formula is C14H19ClN2O. The van der Waals surface area contributed by atoms with Gasteiger partial charge in [-0.3, -0.25) is 4.79 Å². The highest BCUT2D eigenvalue weighted by Gasteiger charge is 2.28. The Morgan fingerprint density at radius 2 is 2.06 bits per heavy atom. The summed E-state index contributed by atoms with van der Waals surface area (Å²) in [6.07, 6.45) is 1.93. The molecule has 2 rings (SSSR count). The van der Waals surface area contributed by atoms with E-state index in [2.05, 4.69) is 17.6 Å². The van der Waals surface area contributed by atoms with Gasteiger partial charge in [0, 0.05) is 16.1 Å². The Hall–Kier alpha value is -1.06. The van der Waals surface area contributed by atoms with Gasteiger partial charge in [-0.1, -0.05) is 11.6 Å². The molecule has 4 heteroatoms. The molecule has 0 aliphatic carbocycles. The molecule has 0 aromatic heterocycles. The smallest absolute Gasteiger partial charge is 0.251 e. The zero-order chi connectivity index (χ0) is 13.2. The van der Waals surface area contributed by atoms with Gasteiger partial charge in [0.05, 0.1) is 0 Å². The fraction of sp³-hybridized carbons (Fsp3) is 0.500. The van der Waals surface area contributed by atoms with Crippen LogP contribution in [0, 0.1) is 6.92 Å². The van der Waals surface area contributed by atoms with Crippen molar-refractivity contribution in [2.24, 2.45) is 0 Å². The van der Waals surface area contributed by atoms with Gasteiger partial charge >= 0.3 is 0 Å². The van der Waals surface area contributed by atoms with Crippen molar-refractivity contribution in [1.29, 1.82) is 0 Å². The first-order chi connectivity index (χ1) is 8.50. The van der Waals surface area contributed by atoms with E-state index in [1.54, 1.807) is 12.1 Å². The van der Waals surface area contributed by atoms with Gasteiger partial charge in [0.2, 0.25) is 0 Å². The Balaban J connectivity index is 2.09. The van der Waals surface area contributed by atoms with E-state index in [4.69, 9.17) is 11.6 Å². The summed E-state index contributed by atoms with van der Waals surface area (Å²) in [5, 5.41) is 7.13. The van der Waals surface area contributed by atoms with E-state index in [9.17, 15) is 4.79 Å². The Kier molecular flexibility index (Phi) is 3.93. The van der Waals surface area contributed by atoms with E-state index < -0.39 is 0 Å². The molecule has 18 heavy (non-hydrogen) atoms. The second-order valence-electron chi connectivity index (χ2n) is 5.23. The van der Waals surface area contributed by atoms with Crippen molar-refractivity contribution in [3.63, 3.8) is 0 Å². The average Bonchev–Trinajstić information content (AvgIpc) is 2.33. The van der Waals surface area contributed by atoms with Crippen molar-refractivity contribution in [1.82, 2.24) is 10.6 Å². The van der Waals surface area contributed by atoms with Gasteiger partial charge in [0.15, 0.2) is 0 Å². The molecule has 0 atom stereocenters. The zero-order valence-corrected chi connectivity index (χ0v) is 11.6. The highest BCUT2D eigenvalue weighted by Crippen LogP contribution is 2.20. The predicted octanol–water partition coefficient (Wildman–Crippen LogP) is 2.52. The second kappa shape index (κ2) is 5.29. The van der Waals surface area contributed by atoms with Crippen molar-refractivity contribution in [2.75, 3.05) is 13.1 Å². The molecule has 0 saturated carbocycles. The first-order valence-electron chi connectivity index (χ1n) is 6.30. The first kappa shape index (κ1) is 13.4. The van der Waals surface area contributed by atoms with Crippen LogP contribution in [0.1, 0.15) is 35.7 Å². The number of benzene rings is 1. The summed E-state index contributed by atoms with van der Waals surface area (Å²) >= 11 is 5.96. The fourth-order valence-electron chi connectivity index (χ4n) is 2.24. The highest BCUT2D eigenvalue weighted by molar-refractivity contribution is 6.31. The van der Waals surface area contributed by atoms with Crippen molar-refractivity contribution in [3.05, 3.63) is 34.3 Å². The summed E-state index contributed by atoms with van der Waals surface area (Å²) in [4.78, 5) is 12.2. The molecule has 1 saturated heterocycles. The second-order valence-corrected chi connectivity index (χ2v) is 5.64. The van der Waals surface area contributed by atoms with E-state index in [0.29, 0.717) is 10.6 Å². The van der Waals surface area contributed by atoms with Crippen LogP contribution in [0.5, 0.6) is 0 Å². The molecule has 0 unspecified atom stereocenters. The van der Waals surface area contributed by atoms with Gasteiger partial charge < -0.3 is 10.6 Å². The van der Waals surface area contributed by atoms with E-state index in [-0.39, 0.29) is 11.4 Å². The van der Waals surface area contributed by atoms with Crippen LogP contribution in [0.4, 0.5) is 0 Å². The average molecular weight is 267 g/mol. The van der Waals surface area contributed by atoms with E-state index >= 15 is 0 Å². The lowest BCUT2D eigenvalue weighted by atomic mass is 9.90. The third-order valence-corrected chi connectivity index (χ3v) is 3.97. The van der Waals surface area contributed by atoms with E-state index in [1.165, 1.54) is 0 Å². The lowest BCUT2D eigenvalue weighted by molar-refractivity contribution is 0.0887. The van der Waals surface area contributed by atoms with Crippen molar-refractivity contribution in [3.8, 4) is 0 Å². The Morgan fingerprint density at radius 1 is 1.39 bits per heavy atom. The molecule has 3 nitrogen and oxygen atoms in total. The predicted molar refractivity (Wildman–Crippen MR) is 74.2 cm³/mol. The quantitative estimate of drug-likeness (QED) is 0.864. The van der Waals surface area contributed by atoms with Crippen LogP contribution in [0.3, 0.4) is 0 Å². The number of carbonyl (C=O) groups excluding carboxylic acids is 1. The van der Waals surface area contributed by atoms with Crippen LogP contribution in [0.15, 0.2) is 18.2 Å². The van der Waals surface area contributed by atoms with Crippen LogP contribution in [-0.4, -0.2) is 24.5 Å². The fourth-order valence-corrected chi connectivity index (χ4v) is 2.35. The third kappa shape index (κ3) is 3.03. The Bertz CT molecular complexity index is 453. The first-order valence-corrected chi connectivity index (χ1v) is 6.67. The number of hydrogen-bond donors (Lipinski definition) is 2. The van der Waals surface area contributed by atoms with Crippen molar-refractivity contribution >= 4 is 17.5 Å². The number of hydrogen-bond acceptors (Lipinski definition) is 2. The summed E-state index contributed by atoms with van der Waals surface area (Å²) in [7, 11) is 0. The van der Waals surface area contributed by atoms with Crippen LogP contribution < -0.4 is 10.6 Å². The molecule has 0 bridgehead atoms. The number of aryl methyl sites for hydroxylation is 1. The van der Waals surface area contributed by atoms with Gasteiger partial charge in [0.25, 0.3) is 5.91 Å². The minimum Gasteiger partial charge on any atom is -0.347 e. The normalized spacial score (nSPS) is 18.4. The minimum atomic E-state index is -0.101. The van der Waals surface area contributed by atoms with Gasteiger partial charge in [-0.05, 0) is 63.5 Å². The van der Waals surface area contributed by atoms with Crippen LogP contribution >= 0.6 is 11.6 Å². The third-order valence-electron chi connectivity index (χ3n) is 3.54. The number of carbonyl (C=O) groups is 1. The van der Waals surface area contributed by atoms with E-state index in [0.717, 1.165) is 31.5 Å². The molecule has 0 radical (unpaired) electrons. The maximum absolute atomic E-state index is 12.2.